The lowest BCUT2D eigenvalue weighted by molar-refractivity contribution is -0.117. The van der Waals surface area contributed by atoms with Gasteiger partial charge >= 0.3 is 0 Å². The van der Waals surface area contributed by atoms with E-state index in [1.165, 1.54) is 5.56 Å². The molecule has 2 rings (SSSR count). The minimum absolute atomic E-state index is 0.0888. The average Bonchev–Trinajstić information content (AvgIpc) is 2.61. The molecule has 1 fully saturated rings. The number of nitrogens with zero attached hydrogens (tertiary/aromatic N) is 2. The van der Waals surface area contributed by atoms with Crippen LogP contribution in [-0.4, -0.2) is 29.9 Å². The van der Waals surface area contributed by atoms with E-state index in [-0.39, 0.29) is 17.5 Å². The van der Waals surface area contributed by atoms with Crippen LogP contribution in [0.15, 0.2) is 42.1 Å². The maximum Gasteiger partial charge on any atom is 0.263 e. The molecule has 1 aliphatic heterocycles. The largest absolute Gasteiger partial charge is 0.376 e. The highest BCUT2D eigenvalue weighted by atomic mass is 16.1. The summed E-state index contributed by atoms with van der Waals surface area (Å²) < 4.78 is 0. The summed E-state index contributed by atoms with van der Waals surface area (Å²) in [6.45, 7) is 5.76. The Hall–Kier alpha value is -2.28. The van der Waals surface area contributed by atoms with Crippen LogP contribution in [0.3, 0.4) is 0 Å². The first-order valence-electron chi connectivity index (χ1n) is 8.83. The molecule has 1 aliphatic rings. The Morgan fingerprint density at radius 1 is 1.38 bits per heavy atom. The van der Waals surface area contributed by atoms with Crippen LogP contribution >= 0.6 is 0 Å². The lowest BCUT2D eigenvalue weighted by atomic mass is 9.90. The molecule has 0 spiro atoms. The lowest BCUT2D eigenvalue weighted by Gasteiger charge is -2.31. The van der Waals surface area contributed by atoms with E-state index in [0.717, 1.165) is 38.8 Å². The molecule has 1 unspecified atom stereocenters. The van der Waals surface area contributed by atoms with Gasteiger partial charge in [-0.2, -0.15) is 5.26 Å². The van der Waals surface area contributed by atoms with E-state index in [1.807, 2.05) is 26.0 Å². The number of piperidine rings is 1. The molecule has 4 nitrogen and oxygen atoms in total. The fraction of sp³-hybridized carbons (Fsp3) is 0.500. The second-order valence-electron chi connectivity index (χ2n) is 6.61. The molecular weight excluding hydrogens is 298 g/mol. The zero-order chi connectivity index (χ0) is 17.4. The first kappa shape index (κ1) is 18.1. The number of rotatable bonds is 6. The number of hydrogen-bond acceptors (Lipinski definition) is 3. The van der Waals surface area contributed by atoms with Crippen LogP contribution in [-0.2, 0) is 11.2 Å². The van der Waals surface area contributed by atoms with Gasteiger partial charge in [0.15, 0.2) is 0 Å². The maximum atomic E-state index is 12.1. The maximum absolute atomic E-state index is 12.1. The molecule has 0 saturated carbocycles. The van der Waals surface area contributed by atoms with Crippen molar-refractivity contribution < 1.29 is 4.79 Å². The summed E-state index contributed by atoms with van der Waals surface area (Å²) >= 11 is 0. The third-order valence-electron chi connectivity index (χ3n) is 4.68. The standard InChI is InChI=1S/C20H27N3O/c1-3-16(2)22-20(24)19(14-21)15-23-11-9-18(10-12-23)13-17-7-5-4-6-8-17/h4-8,15-16,18H,3,9-13H2,1-2H3,(H,22,24)/b19-15-. The topological polar surface area (TPSA) is 56.1 Å². The Balaban J connectivity index is 1.86. The second kappa shape index (κ2) is 9.12. The van der Waals surface area contributed by atoms with Gasteiger partial charge in [0.05, 0.1) is 0 Å². The molecule has 128 valence electrons. The summed E-state index contributed by atoms with van der Waals surface area (Å²) in [7, 11) is 0. The first-order chi connectivity index (χ1) is 11.6. The van der Waals surface area contributed by atoms with Gasteiger partial charge in [-0.3, -0.25) is 4.79 Å². The summed E-state index contributed by atoms with van der Waals surface area (Å²) in [5.41, 5.74) is 1.59. The van der Waals surface area contributed by atoms with Gasteiger partial charge in [0, 0.05) is 25.3 Å². The third-order valence-corrected chi connectivity index (χ3v) is 4.68. The highest BCUT2D eigenvalue weighted by Crippen LogP contribution is 2.22. The summed E-state index contributed by atoms with van der Waals surface area (Å²) in [6.07, 6.45) is 5.89. The SMILES string of the molecule is CCC(C)NC(=O)/C(C#N)=C\N1CCC(Cc2ccccc2)CC1. The number of carbonyl (C=O) groups is 1. The molecule has 4 heteroatoms. The Kier molecular flexibility index (Phi) is 6.87. The molecule has 1 aromatic rings. The molecule has 1 heterocycles. The normalized spacial score (nSPS) is 17.2. The van der Waals surface area contributed by atoms with Crippen molar-refractivity contribution >= 4 is 5.91 Å². The quantitative estimate of drug-likeness (QED) is 0.645. The van der Waals surface area contributed by atoms with E-state index in [9.17, 15) is 10.1 Å². The number of likely N-dealkylation sites (tertiary alicyclic amines) is 1. The Morgan fingerprint density at radius 2 is 2.04 bits per heavy atom. The number of amides is 1. The van der Waals surface area contributed by atoms with Crippen molar-refractivity contribution in [2.75, 3.05) is 13.1 Å². The van der Waals surface area contributed by atoms with Crippen molar-refractivity contribution in [3.05, 3.63) is 47.7 Å². The summed E-state index contributed by atoms with van der Waals surface area (Å²) in [6, 6.07) is 12.7. The highest BCUT2D eigenvalue weighted by molar-refractivity contribution is 5.97. The Bertz CT molecular complexity index is 595. The number of carbonyl (C=O) groups excluding carboxylic acids is 1. The van der Waals surface area contributed by atoms with Crippen molar-refractivity contribution in [2.24, 2.45) is 5.92 Å². The predicted octanol–water partition coefficient (Wildman–Crippen LogP) is 3.26. The second-order valence-corrected chi connectivity index (χ2v) is 6.61. The van der Waals surface area contributed by atoms with Gasteiger partial charge in [-0.05, 0) is 44.1 Å². The van der Waals surface area contributed by atoms with Crippen molar-refractivity contribution in [3.63, 3.8) is 0 Å². The van der Waals surface area contributed by atoms with Gasteiger partial charge in [-0.15, -0.1) is 0 Å². The van der Waals surface area contributed by atoms with Crippen LogP contribution < -0.4 is 5.32 Å². The number of benzene rings is 1. The minimum Gasteiger partial charge on any atom is -0.376 e. The number of nitriles is 1. The van der Waals surface area contributed by atoms with Gasteiger partial charge in [0.2, 0.25) is 0 Å². The van der Waals surface area contributed by atoms with E-state index in [0.29, 0.717) is 5.92 Å². The van der Waals surface area contributed by atoms with Gasteiger partial charge in [0.1, 0.15) is 11.6 Å². The van der Waals surface area contributed by atoms with Crippen LogP contribution in [0.4, 0.5) is 0 Å². The molecule has 1 amide bonds. The summed E-state index contributed by atoms with van der Waals surface area (Å²) in [4.78, 5) is 14.2. The van der Waals surface area contributed by atoms with E-state index in [1.54, 1.807) is 6.20 Å². The van der Waals surface area contributed by atoms with Crippen molar-refractivity contribution in [1.29, 1.82) is 5.26 Å². The Morgan fingerprint density at radius 3 is 2.62 bits per heavy atom. The fourth-order valence-electron chi connectivity index (χ4n) is 2.96. The van der Waals surface area contributed by atoms with E-state index in [4.69, 9.17) is 0 Å². The molecule has 1 atom stereocenters. The van der Waals surface area contributed by atoms with E-state index in [2.05, 4.69) is 34.5 Å². The lowest BCUT2D eigenvalue weighted by Crippen LogP contribution is -2.35. The summed E-state index contributed by atoms with van der Waals surface area (Å²) in [5.74, 6) is 0.412. The van der Waals surface area contributed by atoms with Crippen LogP contribution in [0, 0.1) is 17.2 Å². The van der Waals surface area contributed by atoms with Crippen molar-refractivity contribution in [2.45, 2.75) is 45.6 Å². The van der Waals surface area contributed by atoms with Crippen LogP contribution in [0.5, 0.6) is 0 Å². The first-order valence-corrected chi connectivity index (χ1v) is 8.83. The Labute approximate surface area is 145 Å². The molecule has 1 N–H and O–H groups in total. The molecule has 0 aromatic heterocycles. The minimum atomic E-state index is -0.266. The molecule has 1 saturated heterocycles. The molecule has 0 bridgehead atoms. The number of hydrogen-bond donors (Lipinski definition) is 1. The van der Waals surface area contributed by atoms with Crippen molar-refractivity contribution in [3.8, 4) is 6.07 Å². The van der Waals surface area contributed by atoms with Crippen LogP contribution in [0.1, 0.15) is 38.7 Å². The van der Waals surface area contributed by atoms with E-state index >= 15 is 0 Å². The van der Waals surface area contributed by atoms with Crippen molar-refractivity contribution in [1.82, 2.24) is 10.2 Å². The summed E-state index contributed by atoms with van der Waals surface area (Å²) in [5, 5.41) is 12.1. The van der Waals surface area contributed by atoms with Crippen LogP contribution in [0.2, 0.25) is 0 Å². The van der Waals surface area contributed by atoms with Gasteiger partial charge in [0.25, 0.3) is 5.91 Å². The van der Waals surface area contributed by atoms with E-state index < -0.39 is 0 Å². The molecule has 24 heavy (non-hydrogen) atoms. The van der Waals surface area contributed by atoms with Crippen LogP contribution in [0.25, 0.3) is 0 Å². The van der Waals surface area contributed by atoms with Gasteiger partial charge < -0.3 is 10.2 Å². The zero-order valence-electron chi connectivity index (χ0n) is 14.7. The highest BCUT2D eigenvalue weighted by Gasteiger charge is 2.19. The van der Waals surface area contributed by atoms with Gasteiger partial charge in [-0.1, -0.05) is 37.3 Å². The monoisotopic (exact) mass is 325 g/mol. The molecule has 1 aromatic carbocycles. The fourth-order valence-corrected chi connectivity index (χ4v) is 2.96. The van der Waals surface area contributed by atoms with Gasteiger partial charge in [-0.25, -0.2) is 0 Å². The third kappa shape index (κ3) is 5.42. The number of nitrogens with one attached hydrogen (secondary N) is 1. The molecular formula is C20H27N3O. The molecule has 0 aliphatic carbocycles. The average molecular weight is 325 g/mol. The molecule has 0 radical (unpaired) electrons. The zero-order valence-corrected chi connectivity index (χ0v) is 14.7. The smallest absolute Gasteiger partial charge is 0.263 e. The predicted molar refractivity (Wildman–Crippen MR) is 96.0 cm³/mol.